The van der Waals surface area contributed by atoms with E-state index >= 15 is 0 Å². The van der Waals surface area contributed by atoms with Crippen molar-refractivity contribution < 1.29 is 14.3 Å². The van der Waals surface area contributed by atoms with Crippen molar-refractivity contribution in [3.63, 3.8) is 0 Å². The highest BCUT2D eigenvalue weighted by Gasteiger charge is 2.45. The van der Waals surface area contributed by atoms with Gasteiger partial charge in [0.15, 0.2) is 11.5 Å². The minimum absolute atomic E-state index is 0.397. The second-order valence-corrected chi connectivity index (χ2v) is 6.43. The Morgan fingerprint density at radius 1 is 0.952 bits per heavy atom. The quantitative estimate of drug-likeness (QED) is 0.613. The molecule has 4 nitrogen and oxygen atoms in total. The van der Waals surface area contributed by atoms with Crippen LogP contribution in [0.4, 0.5) is 0 Å². The van der Waals surface area contributed by atoms with Crippen molar-refractivity contribution in [2.75, 3.05) is 0 Å². The van der Waals surface area contributed by atoms with Crippen LogP contribution in [-0.4, -0.2) is 11.9 Å². The summed E-state index contributed by atoms with van der Waals surface area (Å²) in [5.74, 6) is 1.20. The third kappa shape index (κ3) is 1.97. The van der Waals surface area contributed by atoms with Crippen LogP contribution in [0.15, 0.2) is 23.2 Å². The number of ether oxygens (including phenoxy) is 2. The molecule has 2 fully saturated rings. The fourth-order valence-corrected chi connectivity index (χ4v) is 4.01. The van der Waals surface area contributed by atoms with E-state index in [2.05, 4.69) is 4.99 Å². The van der Waals surface area contributed by atoms with E-state index in [1.54, 1.807) is 6.08 Å². The first-order valence-corrected chi connectivity index (χ1v) is 7.87. The summed E-state index contributed by atoms with van der Waals surface area (Å²) >= 11 is 0. The lowest BCUT2D eigenvalue weighted by Gasteiger charge is -2.23. The molecular weight excluding hydrogens is 266 g/mol. The van der Waals surface area contributed by atoms with Gasteiger partial charge in [0.25, 0.3) is 5.79 Å². The molecule has 0 radical (unpaired) electrons. The van der Waals surface area contributed by atoms with Gasteiger partial charge in [-0.3, -0.25) is 0 Å². The van der Waals surface area contributed by atoms with E-state index in [1.807, 2.05) is 18.2 Å². The highest BCUT2D eigenvalue weighted by Crippen LogP contribution is 2.50. The summed E-state index contributed by atoms with van der Waals surface area (Å²) in [6, 6.07) is 6.02. The SMILES string of the molecule is O=C=NC1(c2ccc3c(c2)OC2(CCCC2)O3)CCCC1. The van der Waals surface area contributed by atoms with Gasteiger partial charge in [-0.2, -0.15) is 4.99 Å². The summed E-state index contributed by atoms with van der Waals surface area (Å²) in [7, 11) is 0. The molecule has 0 aromatic heterocycles. The zero-order chi connectivity index (χ0) is 14.3. The Kier molecular flexibility index (Phi) is 2.83. The molecule has 1 aliphatic heterocycles. The largest absolute Gasteiger partial charge is 0.448 e. The van der Waals surface area contributed by atoms with Crippen molar-refractivity contribution in [1.29, 1.82) is 0 Å². The minimum atomic E-state index is -0.433. The number of fused-ring (bicyclic) bond motifs is 1. The van der Waals surface area contributed by atoms with Gasteiger partial charge in [-0.25, -0.2) is 4.79 Å². The van der Waals surface area contributed by atoms with Crippen molar-refractivity contribution in [3.8, 4) is 11.5 Å². The monoisotopic (exact) mass is 285 g/mol. The highest BCUT2D eigenvalue weighted by molar-refractivity contribution is 5.49. The molecule has 0 atom stereocenters. The lowest BCUT2D eigenvalue weighted by Crippen LogP contribution is -2.34. The van der Waals surface area contributed by atoms with Crippen molar-refractivity contribution in [2.45, 2.75) is 62.7 Å². The molecule has 3 aliphatic rings. The number of carbonyl (C=O) groups excluding carboxylic acids is 1. The molecule has 1 aromatic carbocycles. The number of rotatable bonds is 2. The van der Waals surface area contributed by atoms with E-state index in [4.69, 9.17) is 9.47 Å². The highest BCUT2D eigenvalue weighted by atomic mass is 16.7. The van der Waals surface area contributed by atoms with E-state index in [-0.39, 0.29) is 0 Å². The summed E-state index contributed by atoms with van der Waals surface area (Å²) in [4.78, 5) is 15.0. The molecule has 0 unspecified atom stereocenters. The Morgan fingerprint density at radius 2 is 1.62 bits per heavy atom. The zero-order valence-electron chi connectivity index (χ0n) is 12.1. The third-order valence-corrected chi connectivity index (χ3v) is 5.13. The smallest absolute Gasteiger partial charge is 0.251 e. The van der Waals surface area contributed by atoms with Crippen molar-refractivity contribution in [3.05, 3.63) is 23.8 Å². The van der Waals surface area contributed by atoms with Gasteiger partial charge in [-0.15, -0.1) is 0 Å². The summed E-state index contributed by atoms with van der Waals surface area (Å²) in [6.45, 7) is 0. The minimum Gasteiger partial charge on any atom is -0.448 e. The first-order valence-electron chi connectivity index (χ1n) is 7.87. The van der Waals surface area contributed by atoms with Crippen LogP contribution in [0.1, 0.15) is 56.9 Å². The van der Waals surface area contributed by atoms with Gasteiger partial charge in [0.2, 0.25) is 6.08 Å². The third-order valence-electron chi connectivity index (χ3n) is 5.13. The number of nitrogens with zero attached hydrogens (tertiary/aromatic N) is 1. The lowest BCUT2D eigenvalue weighted by molar-refractivity contribution is -0.0716. The fourth-order valence-electron chi connectivity index (χ4n) is 4.01. The molecule has 4 rings (SSSR count). The molecule has 2 saturated carbocycles. The van der Waals surface area contributed by atoms with Crippen LogP contribution in [0.2, 0.25) is 0 Å². The lowest BCUT2D eigenvalue weighted by atomic mass is 9.89. The Balaban J connectivity index is 1.70. The second-order valence-electron chi connectivity index (χ2n) is 6.43. The van der Waals surface area contributed by atoms with Gasteiger partial charge < -0.3 is 9.47 Å². The first-order chi connectivity index (χ1) is 10.3. The van der Waals surface area contributed by atoms with Crippen LogP contribution >= 0.6 is 0 Å². The van der Waals surface area contributed by atoms with E-state index in [9.17, 15) is 4.79 Å². The second kappa shape index (κ2) is 4.60. The fraction of sp³-hybridized carbons (Fsp3) is 0.588. The average Bonchev–Trinajstić information content (AvgIpc) is 3.19. The number of benzene rings is 1. The van der Waals surface area contributed by atoms with E-state index in [1.165, 1.54) is 0 Å². The molecule has 1 aromatic rings. The van der Waals surface area contributed by atoms with Crippen LogP contribution < -0.4 is 9.47 Å². The molecule has 21 heavy (non-hydrogen) atoms. The van der Waals surface area contributed by atoms with Crippen LogP contribution in [0, 0.1) is 0 Å². The maximum Gasteiger partial charge on any atom is 0.251 e. The van der Waals surface area contributed by atoms with Crippen molar-refractivity contribution in [2.24, 2.45) is 4.99 Å². The maximum atomic E-state index is 10.8. The van der Waals surface area contributed by atoms with Gasteiger partial charge in [-0.05, 0) is 43.4 Å². The van der Waals surface area contributed by atoms with Gasteiger partial charge >= 0.3 is 0 Å². The Hall–Kier alpha value is -1.80. The Morgan fingerprint density at radius 3 is 2.33 bits per heavy atom. The summed E-state index contributed by atoms with van der Waals surface area (Å²) in [5.41, 5.74) is 0.659. The molecule has 0 N–H and O–H groups in total. The van der Waals surface area contributed by atoms with E-state index < -0.39 is 11.3 Å². The Bertz CT molecular complexity index is 606. The van der Waals surface area contributed by atoms with Gasteiger partial charge in [0.05, 0.1) is 5.54 Å². The molecule has 2 aliphatic carbocycles. The topological polar surface area (TPSA) is 47.9 Å². The van der Waals surface area contributed by atoms with Crippen LogP contribution in [-0.2, 0) is 10.3 Å². The molecule has 0 bridgehead atoms. The molecular formula is C17H19NO3. The van der Waals surface area contributed by atoms with E-state index in [0.717, 1.165) is 68.4 Å². The molecule has 1 spiro atoms. The maximum absolute atomic E-state index is 10.8. The van der Waals surface area contributed by atoms with Crippen LogP contribution in [0.3, 0.4) is 0 Å². The standard InChI is InChI=1S/C17H19NO3/c19-12-18-16(7-1-2-8-16)13-5-6-14-15(11-13)21-17(20-14)9-3-4-10-17/h5-6,11H,1-4,7-10H2. The summed E-state index contributed by atoms with van der Waals surface area (Å²) in [5, 5.41) is 0. The Labute approximate surface area is 124 Å². The van der Waals surface area contributed by atoms with E-state index in [0.29, 0.717) is 0 Å². The molecule has 110 valence electrons. The molecule has 0 saturated heterocycles. The predicted molar refractivity (Wildman–Crippen MR) is 77.2 cm³/mol. The van der Waals surface area contributed by atoms with Gasteiger partial charge in [-0.1, -0.05) is 18.9 Å². The van der Waals surface area contributed by atoms with Gasteiger partial charge in [0, 0.05) is 12.8 Å². The van der Waals surface area contributed by atoms with Crippen LogP contribution in [0.5, 0.6) is 11.5 Å². The average molecular weight is 285 g/mol. The number of aliphatic imine (C=N–C) groups is 1. The summed E-state index contributed by atoms with van der Waals surface area (Å²) in [6.07, 6.45) is 10.0. The van der Waals surface area contributed by atoms with Crippen LogP contribution in [0.25, 0.3) is 0 Å². The molecule has 0 amide bonds. The number of hydrogen-bond acceptors (Lipinski definition) is 4. The molecule has 1 heterocycles. The number of isocyanates is 1. The first kappa shape index (κ1) is 12.9. The normalized spacial score (nSPS) is 24.2. The van der Waals surface area contributed by atoms with Crippen molar-refractivity contribution >= 4 is 6.08 Å². The number of hydrogen-bond donors (Lipinski definition) is 0. The molecule has 4 heteroatoms. The zero-order valence-corrected chi connectivity index (χ0v) is 12.1. The van der Waals surface area contributed by atoms with Crippen molar-refractivity contribution in [1.82, 2.24) is 0 Å². The predicted octanol–water partition coefficient (Wildman–Crippen LogP) is 3.83. The van der Waals surface area contributed by atoms with Gasteiger partial charge in [0.1, 0.15) is 0 Å². The summed E-state index contributed by atoms with van der Waals surface area (Å²) < 4.78 is 12.2.